The lowest BCUT2D eigenvalue weighted by Gasteiger charge is -2.44. The van der Waals surface area contributed by atoms with Crippen LogP contribution in [-0.2, 0) is 0 Å². The molecular weight excluding hydrogens is 236 g/mol. The number of halogens is 2. The summed E-state index contributed by atoms with van der Waals surface area (Å²) >= 11 is 0. The second kappa shape index (κ2) is 5.33. The maximum Gasteiger partial charge on any atom is 0.126 e. The summed E-state index contributed by atoms with van der Waals surface area (Å²) in [5.41, 5.74) is -0.377. The maximum absolute atomic E-state index is 13.3. The lowest BCUT2D eigenvalue weighted by molar-refractivity contribution is -0.0663. The minimum atomic E-state index is -0.866. The van der Waals surface area contributed by atoms with E-state index in [1.54, 1.807) is 0 Å². The van der Waals surface area contributed by atoms with E-state index < -0.39 is 23.3 Å². The van der Waals surface area contributed by atoms with Gasteiger partial charge in [-0.25, -0.2) is 8.78 Å². The fourth-order valence-corrected chi connectivity index (χ4v) is 2.48. The molecule has 0 radical (unpaired) electrons. The van der Waals surface area contributed by atoms with E-state index in [1.807, 2.05) is 6.92 Å². The van der Waals surface area contributed by atoms with Gasteiger partial charge in [-0.15, -0.1) is 0 Å². The van der Waals surface area contributed by atoms with Crippen molar-refractivity contribution < 1.29 is 13.9 Å². The molecule has 100 valence electrons. The van der Waals surface area contributed by atoms with E-state index >= 15 is 0 Å². The Balaban J connectivity index is 2.27. The molecule has 0 saturated heterocycles. The second-order valence-corrected chi connectivity index (χ2v) is 5.05. The van der Waals surface area contributed by atoms with Gasteiger partial charge in [0.1, 0.15) is 11.6 Å². The minimum absolute atomic E-state index is 0.392. The van der Waals surface area contributed by atoms with Crippen LogP contribution in [-0.4, -0.2) is 17.3 Å². The van der Waals surface area contributed by atoms with E-state index in [9.17, 15) is 13.9 Å². The number of hydrogen-bond donors (Lipinski definition) is 2. The number of nitrogens with one attached hydrogen (secondary N) is 1. The largest absolute Gasteiger partial charge is 0.388 e. The molecule has 0 bridgehead atoms. The third kappa shape index (κ3) is 2.70. The molecule has 0 aromatic heterocycles. The van der Waals surface area contributed by atoms with Gasteiger partial charge in [0.15, 0.2) is 0 Å². The van der Waals surface area contributed by atoms with Crippen LogP contribution in [0.2, 0.25) is 0 Å². The van der Waals surface area contributed by atoms with Crippen molar-refractivity contribution in [3.8, 4) is 0 Å². The lowest BCUT2D eigenvalue weighted by Crippen LogP contribution is -2.49. The molecule has 18 heavy (non-hydrogen) atoms. The molecule has 1 atom stereocenters. The zero-order valence-corrected chi connectivity index (χ0v) is 10.5. The molecule has 0 spiro atoms. The van der Waals surface area contributed by atoms with Crippen LogP contribution in [0.15, 0.2) is 18.2 Å². The quantitative estimate of drug-likeness (QED) is 0.848. The summed E-state index contributed by atoms with van der Waals surface area (Å²) in [5, 5.41) is 13.6. The second-order valence-electron chi connectivity index (χ2n) is 5.05. The molecule has 0 amide bonds. The van der Waals surface area contributed by atoms with Crippen molar-refractivity contribution in [1.29, 1.82) is 0 Å². The molecule has 1 aliphatic rings. The first-order chi connectivity index (χ1) is 8.55. The number of benzene rings is 1. The zero-order valence-electron chi connectivity index (χ0n) is 10.5. The standard InChI is InChI=1S/C14H19F2NO/c1-2-6-17-13(14(18)4-3-5-14)10-7-11(15)9-12(16)8-10/h7-9,13,17-18H,2-6H2,1H3/t13-/m0/s1. The highest BCUT2D eigenvalue weighted by molar-refractivity contribution is 5.25. The summed E-state index contributed by atoms with van der Waals surface area (Å²) in [6.45, 7) is 2.73. The Morgan fingerprint density at radius 1 is 1.28 bits per heavy atom. The number of rotatable bonds is 5. The number of aliphatic hydroxyl groups is 1. The van der Waals surface area contributed by atoms with Gasteiger partial charge in [0.25, 0.3) is 0 Å². The smallest absolute Gasteiger partial charge is 0.126 e. The Morgan fingerprint density at radius 3 is 2.33 bits per heavy atom. The van der Waals surface area contributed by atoms with Crippen LogP contribution in [0.25, 0.3) is 0 Å². The number of hydrogen-bond acceptors (Lipinski definition) is 2. The van der Waals surface area contributed by atoms with Gasteiger partial charge in [-0.1, -0.05) is 6.92 Å². The van der Waals surface area contributed by atoms with Crippen molar-refractivity contribution in [1.82, 2.24) is 5.32 Å². The zero-order chi connectivity index (χ0) is 13.2. The molecule has 2 N–H and O–H groups in total. The van der Waals surface area contributed by atoms with E-state index in [1.165, 1.54) is 12.1 Å². The average Bonchev–Trinajstić information content (AvgIpc) is 2.26. The molecule has 4 heteroatoms. The van der Waals surface area contributed by atoms with Crippen molar-refractivity contribution in [3.63, 3.8) is 0 Å². The highest BCUT2D eigenvalue weighted by atomic mass is 19.1. The molecule has 0 heterocycles. The molecule has 0 unspecified atom stereocenters. The summed E-state index contributed by atoms with van der Waals surface area (Å²) in [4.78, 5) is 0. The van der Waals surface area contributed by atoms with Crippen molar-refractivity contribution in [2.24, 2.45) is 0 Å². The molecule has 2 rings (SSSR count). The van der Waals surface area contributed by atoms with E-state index in [0.29, 0.717) is 24.9 Å². The Morgan fingerprint density at radius 2 is 1.89 bits per heavy atom. The molecule has 1 fully saturated rings. The van der Waals surface area contributed by atoms with Gasteiger partial charge in [0, 0.05) is 6.07 Å². The van der Waals surface area contributed by atoms with Crippen molar-refractivity contribution in [2.45, 2.75) is 44.2 Å². The Hall–Kier alpha value is -1.00. The van der Waals surface area contributed by atoms with Gasteiger partial charge < -0.3 is 10.4 Å². The summed E-state index contributed by atoms with van der Waals surface area (Å²) in [5.74, 6) is -1.20. The predicted molar refractivity (Wildman–Crippen MR) is 66.2 cm³/mol. The first-order valence-corrected chi connectivity index (χ1v) is 6.47. The lowest BCUT2D eigenvalue weighted by atomic mass is 9.72. The molecular formula is C14H19F2NO. The SMILES string of the molecule is CCCN[C@@H](c1cc(F)cc(F)c1)C1(O)CCC1. The van der Waals surface area contributed by atoms with Gasteiger partial charge in [0.05, 0.1) is 11.6 Å². The minimum Gasteiger partial charge on any atom is -0.388 e. The van der Waals surface area contributed by atoms with Gasteiger partial charge in [-0.2, -0.15) is 0 Å². The highest BCUT2D eigenvalue weighted by Gasteiger charge is 2.42. The summed E-state index contributed by atoms with van der Waals surface area (Å²) < 4.78 is 26.5. The van der Waals surface area contributed by atoms with Crippen LogP contribution >= 0.6 is 0 Å². The van der Waals surface area contributed by atoms with Crippen molar-refractivity contribution in [2.75, 3.05) is 6.54 Å². The van der Waals surface area contributed by atoms with Crippen molar-refractivity contribution in [3.05, 3.63) is 35.4 Å². The Kier molecular flexibility index (Phi) is 3.97. The molecule has 1 aromatic rings. The predicted octanol–water partition coefficient (Wildman–Crippen LogP) is 2.92. The first kappa shape index (κ1) is 13.4. The van der Waals surface area contributed by atoms with Gasteiger partial charge >= 0.3 is 0 Å². The van der Waals surface area contributed by atoms with Crippen LogP contribution < -0.4 is 5.32 Å². The fourth-order valence-electron chi connectivity index (χ4n) is 2.48. The summed E-state index contributed by atoms with van der Waals surface area (Å²) in [6, 6.07) is 3.06. The van der Waals surface area contributed by atoms with Crippen LogP contribution in [0, 0.1) is 11.6 Å². The van der Waals surface area contributed by atoms with Crippen LogP contribution in [0.1, 0.15) is 44.2 Å². The molecule has 2 nitrogen and oxygen atoms in total. The van der Waals surface area contributed by atoms with Crippen LogP contribution in [0.5, 0.6) is 0 Å². The molecule has 1 aliphatic carbocycles. The van der Waals surface area contributed by atoms with E-state index in [4.69, 9.17) is 0 Å². The molecule has 1 saturated carbocycles. The van der Waals surface area contributed by atoms with E-state index in [-0.39, 0.29) is 0 Å². The van der Waals surface area contributed by atoms with E-state index in [0.717, 1.165) is 18.9 Å². The molecule has 1 aromatic carbocycles. The normalized spacial score (nSPS) is 19.3. The van der Waals surface area contributed by atoms with Crippen LogP contribution in [0.4, 0.5) is 8.78 Å². The monoisotopic (exact) mass is 255 g/mol. The Labute approximate surface area is 106 Å². The third-order valence-electron chi connectivity index (χ3n) is 3.57. The van der Waals surface area contributed by atoms with Crippen molar-refractivity contribution >= 4 is 0 Å². The summed E-state index contributed by atoms with van der Waals surface area (Å²) in [7, 11) is 0. The summed E-state index contributed by atoms with van der Waals surface area (Å²) in [6.07, 6.45) is 3.21. The first-order valence-electron chi connectivity index (χ1n) is 6.47. The maximum atomic E-state index is 13.3. The topological polar surface area (TPSA) is 32.3 Å². The van der Waals surface area contributed by atoms with Gasteiger partial charge in [-0.05, 0) is 49.9 Å². The fraction of sp³-hybridized carbons (Fsp3) is 0.571. The highest BCUT2D eigenvalue weighted by Crippen LogP contribution is 2.42. The van der Waals surface area contributed by atoms with E-state index in [2.05, 4.69) is 5.32 Å². The van der Waals surface area contributed by atoms with Gasteiger partial charge in [0.2, 0.25) is 0 Å². The average molecular weight is 255 g/mol. The Bertz CT molecular complexity index is 398. The molecule has 0 aliphatic heterocycles. The van der Waals surface area contributed by atoms with Crippen LogP contribution in [0.3, 0.4) is 0 Å². The third-order valence-corrected chi connectivity index (χ3v) is 3.57. The van der Waals surface area contributed by atoms with Gasteiger partial charge in [-0.3, -0.25) is 0 Å².